The highest BCUT2D eigenvalue weighted by Gasteiger charge is 2.20. The van der Waals surface area contributed by atoms with E-state index in [0.29, 0.717) is 6.04 Å². The van der Waals surface area contributed by atoms with E-state index in [9.17, 15) is 0 Å². The summed E-state index contributed by atoms with van der Waals surface area (Å²) in [6, 6.07) is 0.553. The van der Waals surface area contributed by atoms with Crippen molar-refractivity contribution in [3.05, 3.63) is 12.2 Å². The summed E-state index contributed by atoms with van der Waals surface area (Å²) in [4.78, 5) is 0. The van der Waals surface area contributed by atoms with Gasteiger partial charge in [-0.05, 0) is 37.6 Å². The van der Waals surface area contributed by atoms with Gasteiger partial charge in [-0.1, -0.05) is 65.0 Å². The number of rotatable bonds is 9. The lowest BCUT2D eigenvalue weighted by Crippen LogP contribution is -2.33. The molecule has 0 aliphatic heterocycles. The van der Waals surface area contributed by atoms with Crippen molar-refractivity contribution in [3.63, 3.8) is 0 Å². The van der Waals surface area contributed by atoms with Gasteiger partial charge in [0, 0.05) is 6.04 Å². The van der Waals surface area contributed by atoms with Gasteiger partial charge in [0.1, 0.15) is 0 Å². The normalized spacial score (nSPS) is 18.4. The summed E-state index contributed by atoms with van der Waals surface area (Å²) in [5.74, 6) is 1.68. The quantitative estimate of drug-likeness (QED) is 0.453. The van der Waals surface area contributed by atoms with Crippen LogP contribution in [0, 0.1) is 11.8 Å². The standard InChI is InChI=1S/C17H33N/c1-5-6-11-18-17(12-14(2)3)15(4)13-16-9-7-8-10-16/h14,16-18H,4-13H2,1-3H3. The van der Waals surface area contributed by atoms with Crippen molar-refractivity contribution in [3.8, 4) is 0 Å². The van der Waals surface area contributed by atoms with Crippen LogP contribution in [0.1, 0.15) is 72.1 Å². The zero-order valence-electron chi connectivity index (χ0n) is 12.8. The maximum absolute atomic E-state index is 4.39. The average molecular weight is 251 g/mol. The summed E-state index contributed by atoms with van der Waals surface area (Å²) < 4.78 is 0. The first kappa shape index (κ1) is 15.8. The topological polar surface area (TPSA) is 12.0 Å². The zero-order chi connectivity index (χ0) is 13.4. The van der Waals surface area contributed by atoms with Crippen molar-refractivity contribution < 1.29 is 0 Å². The minimum atomic E-state index is 0.553. The summed E-state index contributed by atoms with van der Waals surface area (Å²) in [5, 5.41) is 3.73. The van der Waals surface area contributed by atoms with Crippen LogP contribution in [0.5, 0.6) is 0 Å². The van der Waals surface area contributed by atoms with E-state index in [1.807, 2.05) is 0 Å². The van der Waals surface area contributed by atoms with Gasteiger partial charge in [-0.15, -0.1) is 0 Å². The third-order valence-electron chi connectivity index (χ3n) is 4.15. The molecule has 1 aliphatic carbocycles. The lowest BCUT2D eigenvalue weighted by Gasteiger charge is -2.25. The van der Waals surface area contributed by atoms with Crippen LogP contribution in [0.25, 0.3) is 0 Å². The molecule has 0 aromatic rings. The van der Waals surface area contributed by atoms with Gasteiger partial charge < -0.3 is 5.32 Å². The van der Waals surface area contributed by atoms with E-state index in [1.54, 1.807) is 0 Å². The summed E-state index contributed by atoms with van der Waals surface area (Å²) >= 11 is 0. The maximum atomic E-state index is 4.39. The Balaban J connectivity index is 2.38. The molecule has 0 amide bonds. The maximum Gasteiger partial charge on any atom is 0.0279 e. The lowest BCUT2D eigenvalue weighted by molar-refractivity contribution is 0.425. The second-order valence-corrected chi connectivity index (χ2v) is 6.50. The number of hydrogen-bond donors (Lipinski definition) is 1. The molecule has 0 saturated heterocycles. The summed E-state index contributed by atoms with van der Waals surface area (Å²) in [5.41, 5.74) is 1.46. The molecule has 1 N–H and O–H groups in total. The Hall–Kier alpha value is -0.300. The molecule has 1 rings (SSSR count). The Morgan fingerprint density at radius 2 is 1.94 bits per heavy atom. The fraction of sp³-hybridized carbons (Fsp3) is 0.882. The van der Waals surface area contributed by atoms with E-state index in [-0.39, 0.29) is 0 Å². The first-order chi connectivity index (χ1) is 8.63. The minimum absolute atomic E-state index is 0.553. The van der Waals surface area contributed by atoms with Gasteiger partial charge in [-0.25, -0.2) is 0 Å². The molecule has 1 heteroatoms. The molecule has 0 bridgehead atoms. The highest BCUT2D eigenvalue weighted by molar-refractivity contribution is 5.07. The molecule has 18 heavy (non-hydrogen) atoms. The third-order valence-corrected chi connectivity index (χ3v) is 4.15. The van der Waals surface area contributed by atoms with E-state index in [1.165, 1.54) is 56.9 Å². The molecule has 106 valence electrons. The van der Waals surface area contributed by atoms with Crippen LogP contribution in [0.2, 0.25) is 0 Å². The smallest absolute Gasteiger partial charge is 0.0279 e. The van der Waals surface area contributed by atoms with Crippen LogP contribution < -0.4 is 5.32 Å². The Morgan fingerprint density at radius 1 is 1.28 bits per heavy atom. The minimum Gasteiger partial charge on any atom is -0.310 e. The van der Waals surface area contributed by atoms with E-state index in [0.717, 1.165) is 18.4 Å². The molecule has 0 radical (unpaired) electrons. The number of nitrogens with one attached hydrogen (secondary N) is 1. The highest BCUT2D eigenvalue weighted by Crippen LogP contribution is 2.31. The van der Waals surface area contributed by atoms with Crippen LogP contribution in [0.3, 0.4) is 0 Å². The van der Waals surface area contributed by atoms with E-state index < -0.39 is 0 Å². The van der Waals surface area contributed by atoms with Gasteiger partial charge >= 0.3 is 0 Å². The molecule has 0 heterocycles. The van der Waals surface area contributed by atoms with Gasteiger partial charge in [-0.2, -0.15) is 0 Å². The molecular formula is C17H33N. The van der Waals surface area contributed by atoms with Gasteiger partial charge in [0.15, 0.2) is 0 Å². The molecule has 1 fully saturated rings. The largest absolute Gasteiger partial charge is 0.310 e. The number of hydrogen-bond acceptors (Lipinski definition) is 1. The van der Waals surface area contributed by atoms with Crippen molar-refractivity contribution in [1.29, 1.82) is 0 Å². The summed E-state index contributed by atoms with van der Waals surface area (Å²) in [6.45, 7) is 12.4. The molecule has 1 unspecified atom stereocenters. The molecule has 1 aliphatic rings. The van der Waals surface area contributed by atoms with Crippen molar-refractivity contribution >= 4 is 0 Å². The Morgan fingerprint density at radius 3 is 2.50 bits per heavy atom. The van der Waals surface area contributed by atoms with Crippen LogP contribution in [0.15, 0.2) is 12.2 Å². The van der Waals surface area contributed by atoms with Gasteiger partial charge in [-0.3, -0.25) is 0 Å². The number of unbranched alkanes of at least 4 members (excludes halogenated alkanes) is 1. The summed E-state index contributed by atoms with van der Waals surface area (Å²) in [7, 11) is 0. The third kappa shape index (κ3) is 6.04. The first-order valence-electron chi connectivity index (χ1n) is 8.04. The molecule has 0 aromatic heterocycles. The first-order valence-corrected chi connectivity index (χ1v) is 8.04. The lowest BCUT2D eigenvalue weighted by atomic mass is 9.90. The fourth-order valence-corrected chi connectivity index (χ4v) is 3.05. The second kappa shape index (κ2) is 8.74. The van der Waals surface area contributed by atoms with Crippen LogP contribution in [-0.4, -0.2) is 12.6 Å². The summed E-state index contributed by atoms with van der Waals surface area (Å²) in [6.07, 6.45) is 10.8. The average Bonchev–Trinajstić information content (AvgIpc) is 2.80. The predicted molar refractivity (Wildman–Crippen MR) is 81.9 cm³/mol. The van der Waals surface area contributed by atoms with Crippen LogP contribution >= 0.6 is 0 Å². The van der Waals surface area contributed by atoms with Gasteiger partial charge in [0.25, 0.3) is 0 Å². The van der Waals surface area contributed by atoms with Gasteiger partial charge in [0.2, 0.25) is 0 Å². The zero-order valence-corrected chi connectivity index (χ0v) is 12.8. The van der Waals surface area contributed by atoms with Crippen molar-refractivity contribution in [2.75, 3.05) is 6.54 Å². The second-order valence-electron chi connectivity index (χ2n) is 6.50. The Labute approximate surface area is 114 Å². The fourth-order valence-electron chi connectivity index (χ4n) is 3.05. The van der Waals surface area contributed by atoms with Crippen molar-refractivity contribution in [2.45, 2.75) is 78.2 Å². The molecule has 0 spiro atoms. The SMILES string of the molecule is C=C(CC1CCCC1)C(CC(C)C)NCCCC. The molecule has 1 saturated carbocycles. The Bertz CT molecular complexity index is 226. The van der Waals surface area contributed by atoms with Crippen LogP contribution in [0.4, 0.5) is 0 Å². The molecule has 0 aromatic carbocycles. The van der Waals surface area contributed by atoms with E-state index >= 15 is 0 Å². The van der Waals surface area contributed by atoms with E-state index in [4.69, 9.17) is 0 Å². The predicted octanol–water partition coefficient (Wildman–Crippen LogP) is 4.93. The molecular weight excluding hydrogens is 218 g/mol. The molecule has 1 nitrogen and oxygen atoms in total. The monoisotopic (exact) mass is 251 g/mol. The van der Waals surface area contributed by atoms with E-state index in [2.05, 4.69) is 32.7 Å². The van der Waals surface area contributed by atoms with Crippen molar-refractivity contribution in [1.82, 2.24) is 5.32 Å². The van der Waals surface area contributed by atoms with Gasteiger partial charge in [0.05, 0.1) is 0 Å². The molecule has 1 atom stereocenters. The Kier molecular flexibility index (Phi) is 7.65. The highest BCUT2D eigenvalue weighted by atomic mass is 14.9. The van der Waals surface area contributed by atoms with Crippen LogP contribution in [-0.2, 0) is 0 Å². The van der Waals surface area contributed by atoms with Crippen molar-refractivity contribution in [2.24, 2.45) is 11.8 Å².